The molecule has 0 radical (unpaired) electrons. The minimum atomic E-state index is -0.303. The van der Waals surface area contributed by atoms with Crippen LogP contribution in [-0.4, -0.2) is 26.4 Å². The number of amides is 1. The lowest BCUT2D eigenvalue weighted by atomic mass is 10.6. The van der Waals surface area contributed by atoms with Crippen LogP contribution in [-0.2, 0) is 4.79 Å². The van der Waals surface area contributed by atoms with E-state index in [1.807, 2.05) is 12.3 Å². The Labute approximate surface area is 88.7 Å². The monoisotopic (exact) mass is 230 g/mol. The number of hydrogen-bond donors (Lipinski definition) is 1. The molecule has 0 aliphatic rings. The Kier molecular flexibility index (Phi) is 2.39. The van der Waals surface area contributed by atoms with Crippen LogP contribution < -0.4 is 5.32 Å². The highest BCUT2D eigenvalue weighted by atomic mass is 35.5. The van der Waals surface area contributed by atoms with Crippen LogP contribution in [0.2, 0.25) is 0 Å². The third kappa shape index (κ3) is 1.58. The van der Waals surface area contributed by atoms with Gasteiger partial charge in [-0.25, -0.2) is 4.52 Å². The number of carbonyl (C=O) groups excluding carboxylic acids is 1. The topological polar surface area (TPSA) is 59.3 Å². The second kappa shape index (κ2) is 3.55. The van der Waals surface area contributed by atoms with E-state index in [0.29, 0.717) is 5.95 Å². The summed E-state index contributed by atoms with van der Waals surface area (Å²) in [6, 6.07) is 0. The summed E-state index contributed by atoms with van der Waals surface area (Å²) in [5.41, 5.74) is 0.990. The molecule has 0 saturated heterocycles. The number of aromatic nitrogens is 3. The van der Waals surface area contributed by atoms with Gasteiger partial charge in [-0.1, -0.05) is 0 Å². The first-order chi connectivity index (χ1) is 6.70. The summed E-state index contributed by atoms with van der Waals surface area (Å²) >= 11 is 6.81. The van der Waals surface area contributed by atoms with Crippen LogP contribution in [0, 0.1) is 6.92 Å². The number of halogens is 1. The third-order valence-electron chi connectivity index (χ3n) is 1.62. The zero-order valence-electron chi connectivity index (χ0n) is 7.32. The number of nitrogens with zero attached hydrogens (tertiary/aromatic N) is 3. The number of thiazole rings is 1. The van der Waals surface area contributed by atoms with Crippen molar-refractivity contribution in [1.82, 2.24) is 14.6 Å². The predicted octanol–water partition coefficient (Wildman–Crippen LogP) is 1.28. The van der Waals surface area contributed by atoms with E-state index in [4.69, 9.17) is 11.6 Å². The fourth-order valence-electron chi connectivity index (χ4n) is 1.00. The Morgan fingerprint density at radius 3 is 3.21 bits per heavy atom. The zero-order valence-corrected chi connectivity index (χ0v) is 8.89. The molecule has 2 aromatic heterocycles. The molecule has 0 unspecified atom stereocenters. The molecule has 2 heterocycles. The molecule has 0 aromatic carbocycles. The van der Waals surface area contributed by atoms with Crippen LogP contribution in [0.3, 0.4) is 0 Å². The summed E-state index contributed by atoms with van der Waals surface area (Å²) in [4.78, 5) is 15.8. The van der Waals surface area contributed by atoms with Crippen molar-refractivity contribution in [2.75, 3.05) is 11.2 Å². The Bertz CT molecular complexity index is 477. The number of nitrogens with one attached hydrogen (secondary N) is 1. The van der Waals surface area contributed by atoms with Gasteiger partial charge in [0, 0.05) is 5.38 Å². The lowest BCUT2D eigenvalue weighted by Crippen LogP contribution is -2.13. The van der Waals surface area contributed by atoms with Gasteiger partial charge in [-0.3, -0.25) is 10.1 Å². The quantitative estimate of drug-likeness (QED) is 0.791. The van der Waals surface area contributed by atoms with Crippen LogP contribution in [0.1, 0.15) is 5.69 Å². The molecule has 5 nitrogen and oxygen atoms in total. The molecule has 1 N–H and O–H groups in total. The van der Waals surface area contributed by atoms with Crippen LogP contribution in [0.4, 0.5) is 5.95 Å². The van der Waals surface area contributed by atoms with E-state index >= 15 is 0 Å². The molecule has 2 aromatic rings. The number of alkyl halides is 1. The molecular weight excluding hydrogens is 224 g/mol. The average molecular weight is 231 g/mol. The van der Waals surface area contributed by atoms with Crippen molar-refractivity contribution in [3.8, 4) is 0 Å². The summed E-state index contributed by atoms with van der Waals surface area (Å²) in [6.07, 6.45) is 0. The minimum Gasteiger partial charge on any atom is -0.292 e. The molecule has 0 bridgehead atoms. The van der Waals surface area contributed by atoms with Gasteiger partial charge in [0.1, 0.15) is 5.88 Å². The van der Waals surface area contributed by atoms with E-state index in [9.17, 15) is 4.79 Å². The predicted molar refractivity (Wildman–Crippen MR) is 55.0 cm³/mol. The van der Waals surface area contributed by atoms with E-state index < -0.39 is 0 Å². The summed E-state index contributed by atoms with van der Waals surface area (Å²) in [5.74, 6) is -0.0978. The first-order valence-electron chi connectivity index (χ1n) is 3.87. The van der Waals surface area contributed by atoms with Crippen molar-refractivity contribution in [2.45, 2.75) is 6.92 Å². The molecule has 0 saturated carbocycles. The second-order valence-electron chi connectivity index (χ2n) is 2.69. The van der Waals surface area contributed by atoms with E-state index in [-0.39, 0.29) is 11.8 Å². The van der Waals surface area contributed by atoms with Crippen LogP contribution >= 0.6 is 22.9 Å². The maximum absolute atomic E-state index is 10.9. The molecule has 1 amide bonds. The third-order valence-corrected chi connectivity index (χ3v) is 2.80. The van der Waals surface area contributed by atoms with E-state index in [1.54, 1.807) is 4.52 Å². The molecule has 0 aliphatic carbocycles. The fraction of sp³-hybridized carbons (Fsp3) is 0.286. The van der Waals surface area contributed by atoms with E-state index in [1.165, 1.54) is 11.3 Å². The highest BCUT2D eigenvalue weighted by Gasteiger charge is 2.08. The number of aryl methyl sites for hydroxylation is 1. The van der Waals surface area contributed by atoms with E-state index in [0.717, 1.165) is 10.7 Å². The molecule has 2 rings (SSSR count). The number of anilines is 1. The van der Waals surface area contributed by atoms with Gasteiger partial charge in [0.05, 0.1) is 5.69 Å². The van der Waals surface area contributed by atoms with Crippen molar-refractivity contribution >= 4 is 39.8 Å². The van der Waals surface area contributed by atoms with Crippen LogP contribution in [0.5, 0.6) is 0 Å². The van der Waals surface area contributed by atoms with Gasteiger partial charge >= 0.3 is 0 Å². The van der Waals surface area contributed by atoms with Crippen LogP contribution in [0.15, 0.2) is 5.38 Å². The molecule has 0 atom stereocenters. The van der Waals surface area contributed by atoms with E-state index in [2.05, 4.69) is 15.4 Å². The molecule has 0 fully saturated rings. The second-order valence-corrected chi connectivity index (χ2v) is 3.79. The summed E-state index contributed by atoms with van der Waals surface area (Å²) in [6.45, 7) is 1.92. The Balaban J connectivity index is 2.31. The fourth-order valence-corrected chi connectivity index (χ4v) is 1.87. The van der Waals surface area contributed by atoms with Gasteiger partial charge in [-0.05, 0) is 6.92 Å². The maximum atomic E-state index is 10.9. The van der Waals surface area contributed by atoms with Crippen molar-refractivity contribution in [3.05, 3.63) is 11.1 Å². The molecule has 74 valence electrons. The molecule has 0 spiro atoms. The van der Waals surface area contributed by atoms with Crippen molar-refractivity contribution in [2.24, 2.45) is 0 Å². The SMILES string of the molecule is Cc1csc2nc(NC(=O)CCl)nn12. The molecule has 7 heteroatoms. The smallest absolute Gasteiger partial charge is 0.250 e. The maximum Gasteiger partial charge on any atom is 0.250 e. The largest absolute Gasteiger partial charge is 0.292 e. The lowest BCUT2D eigenvalue weighted by molar-refractivity contribution is -0.114. The number of rotatable bonds is 2. The Morgan fingerprint density at radius 1 is 1.79 bits per heavy atom. The minimum absolute atomic E-state index is 0.0914. The zero-order chi connectivity index (χ0) is 10.1. The molecule has 14 heavy (non-hydrogen) atoms. The number of fused-ring (bicyclic) bond motifs is 1. The molecular formula is C7H7ClN4OS. The number of hydrogen-bond acceptors (Lipinski definition) is 4. The molecule has 0 aliphatic heterocycles. The van der Waals surface area contributed by atoms with Gasteiger partial charge in [0.25, 0.3) is 0 Å². The average Bonchev–Trinajstić information content (AvgIpc) is 2.69. The standard InChI is InChI=1S/C7H7ClN4OS/c1-4-3-14-7-10-6(11-12(4)7)9-5(13)2-8/h3H,2H2,1H3,(H,9,11,13). The van der Waals surface area contributed by atoms with Gasteiger partial charge in [0.15, 0.2) is 0 Å². The van der Waals surface area contributed by atoms with Crippen LogP contribution in [0.25, 0.3) is 4.96 Å². The normalized spacial score (nSPS) is 10.7. The summed E-state index contributed by atoms with van der Waals surface area (Å²) in [7, 11) is 0. The highest BCUT2D eigenvalue weighted by Crippen LogP contribution is 2.14. The lowest BCUT2D eigenvalue weighted by Gasteiger charge is -1.93. The first kappa shape index (κ1) is 9.42. The van der Waals surface area contributed by atoms with Crippen molar-refractivity contribution in [3.63, 3.8) is 0 Å². The summed E-state index contributed by atoms with van der Waals surface area (Å²) < 4.78 is 1.68. The van der Waals surface area contributed by atoms with Crippen molar-refractivity contribution in [1.29, 1.82) is 0 Å². The highest BCUT2D eigenvalue weighted by molar-refractivity contribution is 7.15. The van der Waals surface area contributed by atoms with Gasteiger partial charge < -0.3 is 0 Å². The number of carbonyl (C=O) groups is 1. The Morgan fingerprint density at radius 2 is 2.57 bits per heavy atom. The van der Waals surface area contributed by atoms with Gasteiger partial charge in [0.2, 0.25) is 16.8 Å². The van der Waals surface area contributed by atoms with Gasteiger partial charge in [-0.2, -0.15) is 4.98 Å². The van der Waals surface area contributed by atoms with Gasteiger partial charge in [-0.15, -0.1) is 28.0 Å². The van der Waals surface area contributed by atoms with Crippen molar-refractivity contribution < 1.29 is 4.79 Å². The first-order valence-corrected chi connectivity index (χ1v) is 5.29. The summed E-state index contributed by atoms with van der Waals surface area (Å²) in [5, 5.41) is 8.52. The Hall–Kier alpha value is -1.14.